The van der Waals surface area contributed by atoms with E-state index in [0.29, 0.717) is 17.1 Å². The van der Waals surface area contributed by atoms with E-state index < -0.39 is 0 Å². The zero-order valence-corrected chi connectivity index (χ0v) is 13.3. The fourth-order valence-corrected chi connectivity index (χ4v) is 2.24. The van der Waals surface area contributed by atoms with E-state index in [2.05, 4.69) is 20.7 Å². The van der Waals surface area contributed by atoms with Gasteiger partial charge in [0.25, 0.3) is 0 Å². The molecule has 0 saturated heterocycles. The molecular weight excluding hydrogens is 309 g/mol. The third-order valence-corrected chi connectivity index (χ3v) is 3.58. The number of nitrogens with one attached hydrogen (secondary N) is 1. The minimum atomic E-state index is -0.367. The minimum Gasteiger partial charge on any atom is -0.324 e. The van der Waals surface area contributed by atoms with Crippen molar-refractivity contribution in [2.45, 2.75) is 20.4 Å². The van der Waals surface area contributed by atoms with Crippen LogP contribution >= 0.6 is 0 Å². The first kappa shape index (κ1) is 15.8. The molecule has 0 radical (unpaired) electrons. The number of hydrogen-bond donors (Lipinski definition) is 1. The monoisotopic (exact) mass is 325 g/mol. The van der Waals surface area contributed by atoms with Gasteiger partial charge >= 0.3 is 0 Å². The van der Waals surface area contributed by atoms with Crippen LogP contribution in [0.2, 0.25) is 0 Å². The molecule has 3 rings (SSSR count). The molecule has 2 aromatic carbocycles. The van der Waals surface area contributed by atoms with E-state index in [9.17, 15) is 9.18 Å². The standard InChI is InChI=1S/C17H16FN5O/c1-11-5-3-4-6-14(11)17-20-22-23(21-17)10-16(24)19-13-8-7-12(2)15(18)9-13/h3-9H,10H2,1-2H3,(H,19,24). The van der Waals surface area contributed by atoms with Crippen molar-refractivity contribution in [3.63, 3.8) is 0 Å². The van der Waals surface area contributed by atoms with Gasteiger partial charge in [-0.15, -0.1) is 10.2 Å². The number of hydrogen-bond acceptors (Lipinski definition) is 4. The molecule has 0 aliphatic rings. The molecule has 6 nitrogen and oxygen atoms in total. The Kier molecular flexibility index (Phi) is 4.33. The van der Waals surface area contributed by atoms with Gasteiger partial charge in [-0.05, 0) is 42.3 Å². The van der Waals surface area contributed by atoms with Gasteiger partial charge in [0.1, 0.15) is 12.4 Å². The van der Waals surface area contributed by atoms with Crippen molar-refractivity contribution in [1.82, 2.24) is 20.2 Å². The van der Waals surface area contributed by atoms with Crippen LogP contribution in [0.15, 0.2) is 42.5 Å². The van der Waals surface area contributed by atoms with Gasteiger partial charge in [0.05, 0.1) is 0 Å². The second-order valence-electron chi connectivity index (χ2n) is 5.47. The molecule has 0 bridgehead atoms. The molecule has 0 atom stereocenters. The molecule has 24 heavy (non-hydrogen) atoms. The minimum absolute atomic E-state index is 0.103. The molecular formula is C17H16FN5O. The Labute approximate surface area is 138 Å². The highest BCUT2D eigenvalue weighted by molar-refractivity contribution is 5.90. The first-order chi connectivity index (χ1) is 11.5. The number of carbonyl (C=O) groups is 1. The van der Waals surface area contributed by atoms with Crippen LogP contribution in [0.1, 0.15) is 11.1 Å². The fraction of sp³-hybridized carbons (Fsp3) is 0.176. The SMILES string of the molecule is Cc1ccc(NC(=O)Cn2nnc(-c3ccccc3C)n2)cc1F. The quantitative estimate of drug-likeness (QED) is 0.800. The molecule has 3 aromatic rings. The predicted octanol–water partition coefficient (Wildman–Crippen LogP) is 2.73. The first-order valence-corrected chi connectivity index (χ1v) is 7.43. The Balaban J connectivity index is 1.69. The fourth-order valence-electron chi connectivity index (χ4n) is 2.24. The van der Waals surface area contributed by atoms with Crippen molar-refractivity contribution < 1.29 is 9.18 Å². The van der Waals surface area contributed by atoms with E-state index in [0.717, 1.165) is 11.1 Å². The summed E-state index contributed by atoms with van der Waals surface area (Å²) in [6.07, 6.45) is 0. The summed E-state index contributed by atoms with van der Waals surface area (Å²) >= 11 is 0. The van der Waals surface area contributed by atoms with Gasteiger partial charge in [0.2, 0.25) is 11.7 Å². The average Bonchev–Trinajstić information content (AvgIpc) is 2.99. The normalized spacial score (nSPS) is 10.6. The third-order valence-electron chi connectivity index (χ3n) is 3.58. The lowest BCUT2D eigenvalue weighted by Crippen LogP contribution is -2.20. The lowest BCUT2D eigenvalue weighted by Gasteiger charge is -2.05. The summed E-state index contributed by atoms with van der Waals surface area (Å²) in [6.45, 7) is 3.51. The van der Waals surface area contributed by atoms with E-state index >= 15 is 0 Å². The van der Waals surface area contributed by atoms with Crippen molar-refractivity contribution in [2.24, 2.45) is 0 Å². The molecule has 0 saturated carbocycles. The van der Waals surface area contributed by atoms with E-state index in [1.807, 2.05) is 31.2 Å². The van der Waals surface area contributed by atoms with Crippen LogP contribution < -0.4 is 5.32 Å². The summed E-state index contributed by atoms with van der Waals surface area (Å²) in [5.74, 6) is -0.261. The maximum absolute atomic E-state index is 13.5. The van der Waals surface area contributed by atoms with Crippen molar-refractivity contribution in [2.75, 3.05) is 5.32 Å². The predicted molar refractivity (Wildman–Crippen MR) is 87.8 cm³/mol. The maximum atomic E-state index is 13.5. The van der Waals surface area contributed by atoms with Crippen LogP contribution in [0.25, 0.3) is 11.4 Å². The number of halogens is 1. The number of aromatic nitrogens is 4. The number of nitrogens with zero attached hydrogens (tertiary/aromatic N) is 4. The lowest BCUT2D eigenvalue weighted by atomic mass is 10.1. The van der Waals surface area contributed by atoms with E-state index in [4.69, 9.17) is 0 Å². The van der Waals surface area contributed by atoms with Gasteiger partial charge in [-0.25, -0.2) is 4.39 Å². The molecule has 0 aliphatic carbocycles. The van der Waals surface area contributed by atoms with Gasteiger partial charge in [0, 0.05) is 11.3 Å². The van der Waals surface area contributed by atoms with E-state index in [-0.39, 0.29) is 18.3 Å². The van der Waals surface area contributed by atoms with Gasteiger partial charge in [-0.1, -0.05) is 30.3 Å². The van der Waals surface area contributed by atoms with Crippen molar-refractivity contribution >= 4 is 11.6 Å². The van der Waals surface area contributed by atoms with Crippen LogP contribution in [-0.4, -0.2) is 26.1 Å². The smallest absolute Gasteiger partial charge is 0.248 e. The molecule has 0 spiro atoms. The summed E-state index contributed by atoms with van der Waals surface area (Å²) < 4.78 is 13.5. The molecule has 1 amide bonds. The number of amides is 1. The number of rotatable bonds is 4. The molecule has 0 aliphatic heterocycles. The summed E-state index contributed by atoms with van der Waals surface area (Å²) in [5.41, 5.74) is 2.80. The van der Waals surface area contributed by atoms with Gasteiger partial charge in [-0.2, -0.15) is 4.80 Å². The number of anilines is 1. The highest BCUT2D eigenvalue weighted by Gasteiger charge is 2.11. The molecule has 0 unspecified atom stereocenters. The molecule has 1 aromatic heterocycles. The third kappa shape index (κ3) is 3.45. The van der Waals surface area contributed by atoms with E-state index in [1.54, 1.807) is 19.1 Å². The number of aryl methyl sites for hydroxylation is 2. The molecule has 122 valence electrons. The van der Waals surface area contributed by atoms with Gasteiger partial charge in [-0.3, -0.25) is 4.79 Å². The maximum Gasteiger partial charge on any atom is 0.248 e. The number of carbonyl (C=O) groups excluding carboxylic acids is 1. The number of benzene rings is 2. The van der Waals surface area contributed by atoms with Crippen LogP contribution in [0.3, 0.4) is 0 Å². The zero-order valence-electron chi connectivity index (χ0n) is 13.3. The van der Waals surface area contributed by atoms with Crippen molar-refractivity contribution in [3.05, 3.63) is 59.4 Å². The topological polar surface area (TPSA) is 72.7 Å². The Morgan fingerprint density at radius 3 is 2.71 bits per heavy atom. The Morgan fingerprint density at radius 2 is 1.96 bits per heavy atom. The molecule has 1 heterocycles. The van der Waals surface area contributed by atoms with Crippen LogP contribution in [0, 0.1) is 19.7 Å². The van der Waals surface area contributed by atoms with Crippen LogP contribution in [-0.2, 0) is 11.3 Å². The summed E-state index contributed by atoms with van der Waals surface area (Å²) in [6, 6.07) is 12.2. The van der Waals surface area contributed by atoms with Crippen LogP contribution in [0.5, 0.6) is 0 Å². The van der Waals surface area contributed by atoms with Crippen molar-refractivity contribution in [3.8, 4) is 11.4 Å². The molecule has 7 heteroatoms. The highest BCUT2D eigenvalue weighted by atomic mass is 19.1. The highest BCUT2D eigenvalue weighted by Crippen LogP contribution is 2.18. The first-order valence-electron chi connectivity index (χ1n) is 7.43. The zero-order chi connectivity index (χ0) is 17.1. The second kappa shape index (κ2) is 6.57. The summed E-state index contributed by atoms with van der Waals surface area (Å²) in [5, 5.41) is 14.7. The summed E-state index contributed by atoms with van der Waals surface area (Å²) in [7, 11) is 0. The van der Waals surface area contributed by atoms with Gasteiger partial charge < -0.3 is 5.32 Å². The van der Waals surface area contributed by atoms with Crippen molar-refractivity contribution in [1.29, 1.82) is 0 Å². The average molecular weight is 325 g/mol. The molecule has 1 N–H and O–H groups in total. The number of tetrazole rings is 1. The molecule has 0 fully saturated rings. The van der Waals surface area contributed by atoms with Crippen LogP contribution in [0.4, 0.5) is 10.1 Å². The second-order valence-corrected chi connectivity index (χ2v) is 5.47. The lowest BCUT2D eigenvalue weighted by molar-refractivity contribution is -0.117. The Bertz CT molecular complexity index is 890. The summed E-state index contributed by atoms with van der Waals surface area (Å²) in [4.78, 5) is 13.2. The Hall–Kier alpha value is -3.09. The van der Waals surface area contributed by atoms with E-state index in [1.165, 1.54) is 10.9 Å². The van der Waals surface area contributed by atoms with Gasteiger partial charge in [0.15, 0.2) is 0 Å². The largest absolute Gasteiger partial charge is 0.324 e. The Morgan fingerprint density at radius 1 is 1.17 bits per heavy atom.